The summed E-state index contributed by atoms with van der Waals surface area (Å²) in [7, 11) is 0. The van der Waals surface area contributed by atoms with E-state index in [1.165, 1.54) is 10.6 Å². The Morgan fingerprint density at radius 3 is 2.48 bits per heavy atom. The molecule has 2 amide bonds. The van der Waals surface area contributed by atoms with Gasteiger partial charge in [0.15, 0.2) is 11.5 Å². The zero-order chi connectivity index (χ0) is 20.2. The topological polar surface area (TPSA) is 141 Å². The summed E-state index contributed by atoms with van der Waals surface area (Å²) in [6.07, 6.45) is 3.42. The van der Waals surface area contributed by atoms with Crippen molar-refractivity contribution in [3.05, 3.63) is 72.2 Å². The minimum Gasteiger partial charge on any atom is -0.368 e. The van der Waals surface area contributed by atoms with Crippen LogP contribution in [0.2, 0.25) is 0 Å². The Balaban J connectivity index is 1.60. The second-order valence-corrected chi connectivity index (χ2v) is 6.20. The summed E-state index contributed by atoms with van der Waals surface area (Å²) < 4.78 is 1.38. The molecule has 0 saturated carbocycles. The van der Waals surface area contributed by atoms with Crippen LogP contribution in [0.1, 0.15) is 16.1 Å². The monoisotopic (exact) mass is 388 g/mol. The average molecular weight is 388 g/mol. The van der Waals surface area contributed by atoms with Crippen LogP contribution in [0.5, 0.6) is 0 Å². The van der Waals surface area contributed by atoms with Crippen molar-refractivity contribution < 1.29 is 9.59 Å². The summed E-state index contributed by atoms with van der Waals surface area (Å²) in [6.45, 7) is 0. The predicted molar refractivity (Wildman–Crippen MR) is 102 cm³/mol. The molecule has 0 bridgehead atoms. The minimum absolute atomic E-state index is 0.0776. The number of aromatic nitrogens is 6. The van der Waals surface area contributed by atoms with Crippen molar-refractivity contribution in [2.45, 2.75) is 12.5 Å². The Kier molecular flexibility index (Phi) is 4.89. The van der Waals surface area contributed by atoms with E-state index in [0.29, 0.717) is 17.3 Å². The molecule has 29 heavy (non-hydrogen) atoms. The molecule has 0 spiro atoms. The van der Waals surface area contributed by atoms with E-state index in [2.05, 4.69) is 30.6 Å². The molecule has 144 valence electrons. The number of primary amides is 1. The van der Waals surface area contributed by atoms with Gasteiger partial charge in [0, 0.05) is 18.8 Å². The smallest absolute Gasteiger partial charge is 0.272 e. The number of rotatable bonds is 6. The molecule has 3 N–H and O–H groups in total. The Morgan fingerprint density at radius 2 is 1.76 bits per heavy atom. The molecule has 10 nitrogen and oxygen atoms in total. The van der Waals surface area contributed by atoms with Crippen LogP contribution in [0.3, 0.4) is 0 Å². The van der Waals surface area contributed by atoms with Crippen LogP contribution in [0.25, 0.3) is 17.3 Å². The second-order valence-electron chi connectivity index (χ2n) is 6.20. The van der Waals surface area contributed by atoms with E-state index in [1.807, 2.05) is 30.3 Å². The number of carbonyl (C=O) groups excluding carboxylic acids is 2. The Hall–Kier alpha value is -4.21. The maximum Gasteiger partial charge on any atom is 0.272 e. The molecule has 0 aliphatic carbocycles. The quantitative estimate of drug-likeness (QED) is 0.487. The van der Waals surface area contributed by atoms with Crippen LogP contribution >= 0.6 is 0 Å². The molecule has 4 aromatic rings. The summed E-state index contributed by atoms with van der Waals surface area (Å²) in [5.74, 6) is -0.554. The first-order valence-electron chi connectivity index (χ1n) is 8.76. The summed E-state index contributed by atoms with van der Waals surface area (Å²) in [5, 5.41) is 15.0. The lowest BCUT2D eigenvalue weighted by Crippen LogP contribution is -2.46. The molecule has 0 radical (unpaired) electrons. The molecule has 10 heteroatoms. The molecule has 0 aliphatic heterocycles. The van der Waals surface area contributed by atoms with Crippen molar-refractivity contribution in [2.75, 3.05) is 0 Å². The summed E-state index contributed by atoms with van der Waals surface area (Å²) in [4.78, 5) is 32.8. The maximum atomic E-state index is 12.7. The molecular formula is C19H16N8O2. The number of fused-ring (bicyclic) bond motifs is 1. The van der Waals surface area contributed by atoms with E-state index in [1.54, 1.807) is 24.5 Å². The van der Waals surface area contributed by atoms with E-state index in [-0.39, 0.29) is 12.1 Å². The SMILES string of the molecule is NC(=O)[C@H](Cc1ccccc1)NC(=O)c1ccc2nnc(-c3ncccn3)n2n1. The molecule has 1 aromatic carbocycles. The number of carbonyl (C=O) groups is 2. The third-order valence-electron chi connectivity index (χ3n) is 4.19. The van der Waals surface area contributed by atoms with Gasteiger partial charge < -0.3 is 11.1 Å². The van der Waals surface area contributed by atoms with Crippen molar-refractivity contribution in [3.63, 3.8) is 0 Å². The molecule has 4 rings (SSSR count). The van der Waals surface area contributed by atoms with Gasteiger partial charge in [0.05, 0.1) is 0 Å². The van der Waals surface area contributed by atoms with E-state index in [4.69, 9.17) is 5.73 Å². The number of nitrogens with two attached hydrogens (primary N) is 1. The lowest BCUT2D eigenvalue weighted by atomic mass is 10.1. The molecular weight excluding hydrogens is 372 g/mol. The highest BCUT2D eigenvalue weighted by molar-refractivity contribution is 5.96. The molecule has 0 fully saturated rings. The second kappa shape index (κ2) is 7.80. The van der Waals surface area contributed by atoms with Crippen molar-refractivity contribution >= 4 is 17.5 Å². The van der Waals surface area contributed by atoms with Crippen LogP contribution < -0.4 is 11.1 Å². The Morgan fingerprint density at radius 1 is 1.00 bits per heavy atom. The van der Waals surface area contributed by atoms with E-state index in [0.717, 1.165) is 5.56 Å². The fourth-order valence-corrected chi connectivity index (χ4v) is 2.77. The van der Waals surface area contributed by atoms with Crippen LogP contribution in [-0.2, 0) is 11.2 Å². The van der Waals surface area contributed by atoms with Crippen molar-refractivity contribution in [2.24, 2.45) is 5.73 Å². The standard InChI is InChI=1S/C19H16N8O2/c20-16(28)14(11-12-5-2-1-3-6-12)23-19(29)13-7-8-15-24-25-18(27(15)26-13)17-21-9-4-10-22-17/h1-10,14H,11H2,(H2,20,28)(H,23,29)/t14-/m0/s1. The normalized spacial score (nSPS) is 11.9. The number of hydrogen-bond acceptors (Lipinski definition) is 7. The van der Waals surface area contributed by atoms with Gasteiger partial charge in [-0.25, -0.2) is 9.97 Å². The number of nitrogens with one attached hydrogen (secondary N) is 1. The van der Waals surface area contributed by atoms with E-state index >= 15 is 0 Å². The van der Waals surface area contributed by atoms with Crippen LogP contribution in [0, 0.1) is 0 Å². The molecule has 0 unspecified atom stereocenters. The third-order valence-corrected chi connectivity index (χ3v) is 4.19. The number of amides is 2. The van der Waals surface area contributed by atoms with Gasteiger partial charge in [-0.1, -0.05) is 30.3 Å². The zero-order valence-corrected chi connectivity index (χ0v) is 15.1. The number of benzene rings is 1. The Labute approximate surface area is 164 Å². The van der Waals surface area contributed by atoms with Crippen LogP contribution in [0.15, 0.2) is 60.9 Å². The number of hydrogen-bond donors (Lipinski definition) is 2. The van der Waals surface area contributed by atoms with Gasteiger partial charge in [-0.2, -0.15) is 9.61 Å². The largest absolute Gasteiger partial charge is 0.368 e. The summed E-state index contributed by atoms with van der Waals surface area (Å²) in [5.41, 5.74) is 6.85. The van der Waals surface area contributed by atoms with E-state index in [9.17, 15) is 9.59 Å². The maximum absolute atomic E-state index is 12.7. The predicted octanol–water partition coefficient (Wildman–Crippen LogP) is 0.408. The molecule has 3 heterocycles. The highest BCUT2D eigenvalue weighted by Crippen LogP contribution is 2.12. The minimum atomic E-state index is -0.875. The number of nitrogens with zero attached hydrogens (tertiary/aromatic N) is 6. The first-order valence-corrected chi connectivity index (χ1v) is 8.76. The lowest BCUT2D eigenvalue weighted by molar-refractivity contribution is -0.119. The fraction of sp³-hybridized carbons (Fsp3) is 0.105. The summed E-state index contributed by atoms with van der Waals surface area (Å²) >= 11 is 0. The highest BCUT2D eigenvalue weighted by atomic mass is 16.2. The fourth-order valence-electron chi connectivity index (χ4n) is 2.77. The molecule has 0 saturated heterocycles. The van der Waals surface area contributed by atoms with Gasteiger partial charge in [0.1, 0.15) is 11.7 Å². The van der Waals surface area contributed by atoms with Crippen LogP contribution in [0.4, 0.5) is 0 Å². The van der Waals surface area contributed by atoms with Gasteiger partial charge in [-0.15, -0.1) is 10.2 Å². The van der Waals surface area contributed by atoms with Crippen molar-refractivity contribution in [1.82, 2.24) is 35.1 Å². The van der Waals surface area contributed by atoms with Crippen LogP contribution in [-0.4, -0.2) is 47.6 Å². The molecule has 1 atom stereocenters. The first-order chi connectivity index (χ1) is 14.1. The first kappa shape index (κ1) is 18.2. The highest BCUT2D eigenvalue weighted by Gasteiger charge is 2.21. The van der Waals surface area contributed by atoms with Gasteiger partial charge in [-0.3, -0.25) is 9.59 Å². The summed E-state index contributed by atoms with van der Waals surface area (Å²) in [6, 6.07) is 13.2. The van der Waals surface area contributed by atoms with Gasteiger partial charge in [-0.05, 0) is 23.8 Å². The Bertz CT molecular complexity index is 1160. The lowest BCUT2D eigenvalue weighted by Gasteiger charge is -2.15. The van der Waals surface area contributed by atoms with Crippen molar-refractivity contribution in [1.29, 1.82) is 0 Å². The molecule has 3 aromatic heterocycles. The van der Waals surface area contributed by atoms with Crippen molar-refractivity contribution in [3.8, 4) is 11.6 Å². The third kappa shape index (κ3) is 3.90. The van der Waals surface area contributed by atoms with Gasteiger partial charge in [0.2, 0.25) is 11.7 Å². The van der Waals surface area contributed by atoms with E-state index < -0.39 is 17.9 Å². The van der Waals surface area contributed by atoms with Gasteiger partial charge in [0.25, 0.3) is 5.91 Å². The zero-order valence-electron chi connectivity index (χ0n) is 15.1. The van der Waals surface area contributed by atoms with Gasteiger partial charge >= 0.3 is 0 Å². The average Bonchev–Trinajstić information content (AvgIpc) is 3.18. The molecule has 0 aliphatic rings.